The van der Waals surface area contributed by atoms with Gasteiger partial charge in [0.15, 0.2) is 9.04 Å². The van der Waals surface area contributed by atoms with E-state index in [4.69, 9.17) is 4.43 Å². The SMILES string of the molecule is BrC[SiH]1CCCCO1. The fraction of sp³-hybridized carbons (Fsp3) is 1.00. The third-order valence-electron chi connectivity index (χ3n) is 1.45. The summed E-state index contributed by atoms with van der Waals surface area (Å²) in [5.74, 6) is 0. The molecule has 0 aromatic rings. The third kappa shape index (κ3) is 1.88. The van der Waals surface area contributed by atoms with Gasteiger partial charge in [0.05, 0.1) is 0 Å². The summed E-state index contributed by atoms with van der Waals surface area (Å²) in [5.41, 5.74) is 0. The fourth-order valence-corrected chi connectivity index (χ4v) is 4.12. The summed E-state index contributed by atoms with van der Waals surface area (Å²) < 4.78 is 5.52. The first-order chi connectivity index (χ1) is 3.93. The van der Waals surface area contributed by atoms with Crippen LogP contribution in [-0.2, 0) is 4.43 Å². The lowest BCUT2D eigenvalue weighted by Crippen LogP contribution is -2.24. The molecule has 0 aliphatic carbocycles. The molecule has 0 aromatic heterocycles. The minimum atomic E-state index is -0.689. The van der Waals surface area contributed by atoms with Crippen LogP contribution < -0.4 is 0 Å². The van der Waals surface area contributed by atoms with Gasteiger partial charge in [0.2, 0.25) is 0 Å². The van der Waals surface area contributed by atoms with Crippen molar-refractivity contribution < 1.29 is 4.43 Å². The van der Waals surface area contributed by atoms with Gasteiger partial charge in [-0.25, -0.2) is 0 Å². The van der Waals surface area contributed by atoms with Crippen molar-refractivity contribution in [1.82, 2.24) is 0 Å². The molecule has 1 unspecified atom stereocenters. The van der Waals surface area contributed by atoms with Crippen LogP contribution in [0, 0.1) is 0 Å². The Morgan fingerprint density at radius 1 is 1.50 bits per heavy atom. The molecule has 0 aromatic carbocycles. The van der Waals surface area contributed by atoms with Crippen LogP contribution in [0.5, 0.6) is 0 Å². The fourth-order valence-electron chi connectivity index (χ4n) is 0.929. The van der Waals surface area contributed by atoms with E-state index in [-0.39, 0.29) is 0 Å². The summed E-state index contributed by atoms with van der Waals surface area (Å²) >= 11 is 3.45. The second-order valence-electron chi connectivity index (χ2n) is 2.14. The monoisotopic (exact) mass is 194 g/mol. The predicted molar refractivity (Wildman–Crippen MR) is 40.9 cm³/mol. The van der Waals surface area contributed by atoms with Gasteiger partial charge in [-0.15, -0.1) is 0 Å². The summed E-state index contributed by atoms with van der Waals surface area (Å²) in [7, 11) is -0.689. The minimum absolute atomic E-state index is 0.689. The largest absolute Gasteiger partial charge is 0.419 e. The highest BCUT2D eigenvalue weighted by atomic mass is 79.9. The van der Waals surface area contributed by atoms with Gasteiger partial charge in [-0.2, -0.15) is 0 Å². The maximum absolute atomic E-state index is 5.52. The lowest BCUT2D eigenvalue weighted by atomic mass is 10.4. The molecule has 1 aliphatic rings. The summed E-state index contributed by atoms with van der Waals surface area (Å²) in [6.07, 6.45) is 2.69. The summed E-state index contributed by atoms with van der Waals surface area (Å²) in [6, 6.07) is 1.38. The quantitative estimate of drug-likeness (QED) is 0.454. The molecule has 1 fully saturated rings. The van der Waals surface area contributed by atoms with E-state index in [0.29, 0.717) is 0 Å². The zero-order valence-electron chi connectivity index (χ0n) is 4.90. The molecule has 1 aliphatic heterocycles. The van der Waals surface area contributed by atoms with Crippen molar-refractivity contribution in [3.8, 4) is 0 Å². The number of rotatable bonds is 1. The Balaban J connectivity index is 2.13. The summed E-state index contributed by atoms with van der Waals surface area (Å²) in [4.78, 5) is 1.15. The number of hydrogen-bond acceptors (Lipinski definition) is 1. The average molecular weight is 195 g/mol. The van der Waals surface area contributed by atoms with Crippen molar-refractivity contribution in [1.29, 1.82) is 0 Å². The average Bonchev–Trinajstić information content (AvgIpc) is 1.90. The maximum atomic E-state index is 5.52. The van der Waals surface area contributed by atoms with E-state index >= 15 is 0 Å². The molecule has 0 amide bonds. The van der Waals surface area contributed by atoms with Crippen LogP contribution in [0.2, 0.25) is 6.04 Å². The third-order valence-corrected chi connectivity index (χ3v) is 5.72. The predicted octanol–water partition coefficient (Wildman–Crippen LogP) is 1.45. The van der Waals surface area contributed by atoms with Crippen molar-refractivity contribution >= 4 is 25.0 Å². The molecule has 0 radical (unpaired) electrons. The normalized spacial score (nSPS) is 30.4. The van der Waals surface area contributed by atoms with Gasteiger partial charge in [0, 0.05) is 11.6 Å². The standard InChI is InChI=1S/C5H11BrOSi/c6-5-8-4-2-1-3-7-8/h8H,1-5H2. The Morgan fingerprint density at radius 2 is 2.38 bits per heavy atom. The second-order valence-corrected chi connectivity index (χ2v) is 6.55. The molecule has 1 atom stereocenters. The lowest BCUT2D eigenvalue weighted by molar-refractivity contribution is 0.290. The van der Waals surface area contributed by atoms with Crippen LogP contribution in [0.25, 0.3) is 0 Å². The highest BCUT2D eigenvalue weighted by Crippen LogP contribution is 2.11. The first-order valence-electron chi connectivity index (χ1n) is 3.11. The Labute approximate surface area is 60.3 Å². The van der Waals surface area contributed by atoms with Crippen LogP contribution in [0.4, 0.5) is 0 Å². The van der Waals surface area contributed by atoms with Crippen LogP contribution in [0.1, 0.15) is 12.8 Å². The van der Waals surface area contributed by atoms with Crippen LogP contribution >= 0.6 is 15.9 Å². The first kappa shape index (κ1) is 6.77. The van der Waals surface area contributed by atoms with Gasteiger partial charge < -0.3 is 4.43 Å². The van der Waals surface area contributed by atoms with E-state index in [2.05, 4.69) is 15.9 Å². The van der Waals surface area contributed by atoms with Crippen LogP contribution in [0.3, 0.4) is 0 Å². The van der Waals surface area contributed by atoms with Crippen molar-refractivity contribution in [2.24, 2.45) is 0 Å². The van der Waals surface area contributed by atoms with Crippen molar-refractivity contribution in [2.75, 3.05) is 11.6 Å². The molecule has 1 rings (SSSR count). The molecule has 0 N–H and O–H groups in total. The van der Waals surface area contributed by atoms with Gasteiger partial charge in [-0.3, -0.25) is 0 Å². The summed E-state index contributed by atoms with van der Waals surface area (Å²) in [6.45, 7) is 1.03. The Kier molecular flexibility index (Phi) is 3.08. The van der Waals surface area contributed by atoms with E-state index in [0.717, 1.165) is 11.6 Å². The lowest BCUT2D eigenvalue weighted by Gasteiger charge is -2.18. The smallest absolute Gasteiger partial charge is 0.187 e. The van der Waals surface area contributed by atoms with Crippen LogP contribution in [0.15, 0.2) is 0 Å². The molecule has 8 heavy (non-hydrogen) atoms. The highest BCUT2D eigenvalue weighted by molar-refractivity contribution is 9.09. The van der Waals surface area contributed by atoms with E-state index < -0.39 is 9.04 Å². The van der Waals surface area contributed by atoms with Gasteiger partial charge in [-0.1, -0.05) is 22.4 Å². The summed E-state index contributed by atoms with van der Waals surface area (Å²) in [5, 5.41) is 0. The first-order valence-corrected chi connectivity index (χ1v) is 6.33. The van der Waals surface area contributed by atoms with Crippen LogP contribution in [-0.4, -0.2) is 20.6 Å². The molecule has 1 nitrogen and oxygen atoms in total. The number of alkyl halides is 1. The molecule has 1 heterocycles. The number of hydrogen-bond donors (Lipinski definition) is 0. The minimum Gasteiger partial charge on any atom is -0.419 e. The van der Waals surface area contributed by atoms with Crippen molar-refractivity contribution in [3.63, 3.8) is 0 Å². The Hall–Kier alpha value is 0.657. The Bertz CT molecular complexity index is 63.4. The van der Waals surface area contributed by atoms with Crippen molar-refractivity contribution in [2.45, 2.75) is 18.9 Å². The zero-order chi connectivity index (χ0) is 5.82. The molecule has 1 saturated heterocycles. The number of halogens is 1. The molecular formula is C5H11BrOSi. The highest BCUT2D eigenvalue weighted by Gasteiger charge is 2.13. The Morgan fingerprint density at radius 3 is 2.75 bits per heavy atom. The molecular weight excluding hydrogens is 184 g/mol. The van der Waals surface area contributed by atoms with Gasteiger partial charge in [0.25, 0.3) is 0 Å². The van der Waals surface area contributed by atoms with Gasteiger partial charge in [0.1, 0.15) is 0 Å². The van der Waals surface area contributed by atoms with Gasteiger partial charge >= 0.3 is 0 Å². The van der Waals surface area contributed by atoms with E-state index in [1.807, 2.05) is 0 Å². The second kappa shape index (κ2) is 3.64. The van der Waals surface area contributed by atoms with Crippen molar-refractivity contribution in [3.05, 3.63) is 0 Å². The molecule has 0 saturated carbocycles. The van der Waals surface area contributed by atoms with E-state index in [9.17, 15) is 0 Å². The molecule has 0 spiro atoms. The zero-order valence-corrected chi connectivity index (χ0v) is 7.64. The molecule has 3 heteroatoms. The molecule has 0 bridgehead atoms. The van der Waals surface area contributed by atoms with E-state index in [1.54, 1.807) is 0 Å². The molecule has 48 valence electrons. The topological polar surface area (TPSA) is 9.23 Å². The van der Waals surface area contributed by atoms with Gasteiger partial charge in [-0.05, 0) is 12.5 Å². The van der Waals surface area contributed by atoms with E-state index in [1.165, 1.54) is 18.9 Å². The maximum Gasteiger partial charge on any atom is 0.187 e.